The van der Waals surface area contributed by atoms with E-state index in [0.717, 1.165) is 17.1 Å². The first-order valence-electron chi connectivity index (χ1n) is 5.79. The summed E-state index contributed by atoms with van der Waals surface area (Å²) in [6.07, 6.45) is 0.231. The predicted octanol–water partition coefficient (Wildman–Crippen LogP) is 1.86. The van der Waals surface area contributed by atoms with Crippen molar-refractivity contribution in [2.24, 2.45) is 5.73 Å². The van der Waals surface area contributed by atoms with Crippen LogP contribution in [0.2, 0.25) is 0 Å². The van der Waals surface area contributed by atoms with E-state index in [2.05, 4.69) is 0 Å². The Bertz CT molecular complexity index is 351. The Morgan fingerprint density at radius 1 is 1.35 bits per heavy atom. The van der Waals surface area contributed by atoms with Crippen LogP contribution < -0.4 is 15.2 Å². The fourth-order valence-electron chi connectivity index (χ4n) is 1.48. The van der Waals surface area contributed by atoms with Crippen LogP contribution in [0.1, 0.15) is 31.9 Å². The molecular formula is C13H21NO3. The molecule has 0 aromatic heterocycles. The molecule has 0 amide bonds. The normalized spacial score (nSPS) is 14.2. The van der Waals surface area contributed by atoms with Gasteiger partial charge in [-0.2, -0.15) is 0 Å². The highest BCUT2D eigenvalue weighted by Crippen LogP contribution is 2.28. The average molecular weight is 239 g/mol. The van der Waals surface area contributed by atoms with E-state index in [4.69, 9.17) is 15.2 Å². The van der Waals surface area contributed by atoms with Crippen LogP contribution >= 0.6 is 0 Å². The lowest BCUT2D eigenvalue weighted by Gasteiger charge is -2.15. The van der Waals surface area contributed by atoms with Crippen molar-refractivity contribution >= 4 is 0 Å². The number of nitrogens with two attached hydrogens (primary N) is 1. The Hall–Kier alpha value is -1.26. The van der Waals surface area contributed by atoms with Gasteiger partial charge in [0.15, 0.2) is 0 Å². The number of methoxy groups -OCH3 is 1. The van der Waals surface area contributed by atoms with Gasteiger partial charge >= 0.3 is 0 Å². The van der Waals surface area contributed by atoms with E-state index in [1.54, 1.807) is 14.0 Å². The van der Waals surface area contributed by atoms with Gasteiger partial charge in [-0.25, -0.2) is 0 Å². The fraction of sp³-hybridized carbons (Fsp3) is 0.538. The van der Waals surface area contributed by atoms with Gasteiger partial charge in [-0.3, -0.25) is 0 Å². The SMILES string of the molecule is COc1ccc(C(C)N)c(OCCC(C)O)c1. The van der Waals surface area contributed by atoms with E-state index in [0.29, 0.717) is 13.0 Å². The molecule has 1 aromatic rings. The molecule has 0 aliphatic heterocycles. The van der Waals surface area contributed by atoms with Crippen LogP contribution in [0.4, 0.5) is 0 Å². The second-order valence-corrected chi connectivity index (χ2v) is 4.18. The largest absolute Gasteiger partial charge is 0.497 e. The van der Waals surface area contributed by atoms with Crippen molar-refractivity contribution in [2.75, 3.05) is 13.7 Å². The van der Waals surface area contributed by atoms with E-state index in [-0.39, 0.29) is 12.1 Å². The molecule has 0 fully saturated rings. The maximum absolute atomic E-state index is 9.18. The minimum absolute atomic E-state index is 0.0949. The number of ether oxygens (including phenoxy) is 2. The van der Waals surface area contributed by atoms with Crippen molar-refractivity contribution in [3.8, 4) is 11.5 Å². The monoisotopic (exact) mass is 239 g/mol. The molecule has 0 bridgehead atoms. The van der Waals surface area contributed by atoms with Crippen molar-refractivity contribution in [1.82, 2.24) is 0 Å². The van der Waals surface area contributed by atoms with Crippen molar-refractivity contribution < 1.29 is 14.6 Å². The Labute approximate surface area is 102 Å². The Morgan fingerprint density at radius 2 is 2.06 bits per heavy atom. The Morgan fingerprint density at radius 3 is 2.59 bits per heavy atom. The molecule has 0 radical (unpaired) electrons. The molecule has 2 atom stereocenters. The Kier molecular flexibility index (Phi) is 5.25. The Balaban J connectivity index is 2.78. The zero-order valence-electron chi connectivity index (χ0n) is 10.6. The van der Waals surface area contributed by atoms with Crippen LogP contribution in [-0.2, 0) is 0 Å². The zero-order chi connectivity index (χ0) is 12.8. The molecule has 96 valence electrons. The van der Waals surface area contributed by atoms with Crippen molar-refractivity contribution in [1.29, 1.82) is 0 Å². The van der Waals surface area contributed by atoms with Crippen molar-refractivity contribution in [2.45, 2.75) is 32.4 Å². The number of aliphatic hydroxyl groups excluding tert-OH is 1. The lowest BCUT2D eigenvalue weighted by molar-refractivity contribution is 0.155. The summed E-state index contributed by atoms with van der Waals surface area (Å²) in [5, 5.41) is 9.18. The van der Waals surface area contributed by atoms with E-state index < -0.39 is 0 Å². The summed E-state index contributed by atoms with van der Waals surface area (Å²) >= 11 is 0. The third kappa shape index (κ3) is 4.24. The molecule has 0 spiro atoms. The molecule has 0 aliphatic carbocycles. The van der Waals surface area contributed by atoms with Gasteiger partial charge in [0.2, 0.25) is 0 Å². The summed E-state index contributed by atoms with van der Waals surface area (Å²) in [6, 6.07) is 5.49. The van der Waals surface area contributed by atoms with E-state index in [9.17, 15) is 5.11 Å². The summed E-state index contributed by atoms with van der Waals surface area (Å²) < 4.78 is 10.8. The summed E-state index contributed by atoms with van der Waals surface area (Å²) in [6.45, 7) is 4.11. The summed E-state index contributed by atoms with van der Waals surface area (Å²) in [4.78, 5) is 0. The molecule has 1 rings (SSSR count). The standard InChI is InChI=1S/C13H21NO3/c1-9(15)6-7-17-13-8-11(16-3)4-5-12(13)10(2)14/h4-5,8-10,15H,6-7,14H2,1-3H3. The van der Waals surface area contributed by atoms with Crippen LogP contribution in [-0.4, -0.2) is 24.9 Å². The van der Waals surface area contributed by atoms with Gasteiger partial charge in [0, 0.05) is 24.1 Å². The van der Waals surface area contributed by atoms with Gasteiger partial charge in [0.05, 0.1) is 19.8 Å². The van der Waals surface area contributed by atoms with Crippen LogP contribution in [0.5, 0.6) is 11.5 Å². The predicted molar refractivity (Wildman–Crippen MR) is 67.4 cm³/mol. The average Bonchev–Trinajstić information content (AvgIpc) is 2.28. The first-order valence-corrected chi connectivity index (χ1v) is 5.79. The maximum Gasteiger partial charge on any atom is 0.127 e. The van der Waals surface area contributed by atoms with Gasteiger partial charge in [-0.15, -0.1) is 0 Å². The van der Waals surface area contributed by atoms with E-state index in [1.807, 2.05) is 25.1 Å². The van der Waals surface area contributed by atoms with Crippen LogP contribution in [0.3, 0.4) is 0 Å². The summed E-state index contributed by atoms with van der Waals surface area (Å²) in [5.74, 6) is 1.46. The highest BCUT2D eigenvalue weighted by atomic mass is 16.5. The van der Waals surface area contributed by atoms with Crippen molar-refractivity contribution in [3.63, 3.8) is 0 Å². The number of rotatable bonds is 6. The third-order valence-corrected chi connectivity index (χ3v) is 2.50. The van der Waals surface area contributed by atoms with Gasteiger partial charge in [-0.1, -0.05) is 6.07 Å². The maximum atomic E-state index is 9.18. The summed E-state index contributed by atoms with van der Waals surface area (Å²) in [7, 11) is 1.61. The van der Waals surface area contributed by atoms with Crippen LogP contribution in [0.15, 0.2) is 18.2 Å². The molecule has 2 unspecified atom stereocenters. The van der Waals surface area contributed by atoms with Gasteiger partial charge in [0.25, 0.3) is 0 Å². The second-order valence-electron chi connectivity index (χ2n) is 4.18. The van der Waals surface area contributed by atoms with Crippen LogP contribution in [0.25, 0.3) is 0 Å². The molecule has 0 saturated heterocycles. The quantitative estimate of drug-likeness (QED) is 0.795. The minimum atomic E-state index is -0.362. The molecule has 4 nitrogen and oxygen atoms in total. The number of benzene rings is 1. The molecule has 17 heavy (non-hydrogen) atoms. The molecule has 4 heteroatoms. The lowest BCUT2D eigenvalue weighted by Crippen LogP contribution is -2.11. The smallest absolute Gasteiger partial charge is 0.127 e. The van der Waals surface area contributed by atoms with E-state index >= 15 is 0 Å². The van der Waals surface area contributed by atoms with Crippen LogP contribution in [0, 0.1) is 0 Å². The van der Waals surface area contributed by atoms with Crippen molar-refractivity contribution in [3.05, 3.63) is 23.8 Å². The molecule has 1 aromatic carbocycles. The van der Waals surface area contributed by atoms with Gasteiger partial charge in [0.1, 0.15) is 11.5 Å². The molecule has 0 aliphatic rings. The minimum Gasteiger partial charge on any atom is -0.497 e. The zero-order valence-corrected chi connectivity index (χ0v) is 10.6. The first-order chi connectivity index (χ1) is 8.04. The highest BCUT2D eigenvalue weighted by Gasteiger charge is 2.10. The second kappa shape index (κ2) is 6.47. The van der Waals surface area contributed by atoms with E-state index in [1.165, 1.54) is 0 Å². The van der Waals surface area contributed by atoms with Gasteiger partial charge in [-0.05, 0) is 19.9 Å². The number of aliphatic hydroxyl groups is 1. The van der Waals surface area contributed by atoms with Gasteiger partial charge < -0.3 is 20.3 Å². The topological polar surface area (TPSA) is 64.7 Å². The number of hydrogen-bond donors (Lipinski definition) is 2. The fourth-order valence-corrected chi connectivity index (χ4v) is 1.48. The first kappa shape index (κ1) is 13.8. The number of hydrogen-bond acceptors (Lipinski definition) is 4. The molecule has 3 N–H and O–H groups in total. The lowest BCUT2D eigenvalue weighted by atomic mass is 10.1. The molecular weight excluding hydrogens is 218 g/mol. The third-order valence-electron chi connectivity index (χ3n) is 2.50. The molecule has 0 heterocycles. The molecule has 0 saturated carbocycles. The summed E-state index contributed by atoms with van der Waals surface area (Å²) in [5.41, 5.74) is 6.81. The highest BCUT2D eigenvalue weighted by molar-refractivity contribution is 5.42.